The standard InChI is InChI=1S/C29H40N2O8/c1-5-7-8-9-19-15-23(32)26(21-14-17(3)10-11-20(21)6-2)24(16-19)39-29(38)30-18(4)27(35)31-22(28(36)37)12-13-25(33)34/h6,14-16,18,20-22,32H,2,5,7-13H2,1,3-4H3,(H,30,38)(H,31,35)(H,33,34)(H,36,37)/t18-,20+,21+,22-/m0/s1. The number of aryl methyl sites for hydroxylation is 1. The van der Waals surface area contributed by atoms with E-state index in [1.807, 2.05) is 19.1 Å². The van der Waals surface area contributed by atoms with Crippen molar-refractivity contribution in [2.24, 2.45) is 5.92 Å². The molecule has 0 saturated carbocycles. The third-order valence-corrected chi connectivity index (χ3v) is 6.87. The Hall–Kier alpha value is -3.82. The van der Waals surface area contributed by atoms with Crippen LogP contribution in [0.1, 0.15) is 82.8 Å². The highest BCUT2D eigenvalue weighted by molar-refractivity contribution is 5.89. The van der Waals surface area contributed by atoms with Crippen molar-refractivity contribution in [3.63, 3.8) is 0 Å². The van der Waals surface area contributed by atoms with E-state index >= 15 is 0 Å². The summed E-state index contributed by atoms with van der Waals surface area (Å²) in [6, 6.07) is 0.841. The van der Waals surface area contributed by atoms with Crippen molar-refractivity contribution >= 4 is 23.9 Å². The zero-order valence-corrected chi connectivity index (χ0v) is 22.9. The van der Waals surface area contributed by atoms with E-state index in [1.54, 1.807) is 12.1 Å². The summed E-state index contributed by atoms with van der Waals surface area (Å²) in [6.07, 6.45) is 7.56. The lowest BCUT2D eigenvalue weighted by Gasteiger charge is -2.29. The maximum atomic E-state index is 12.9. The highest BCUT2D eigenvalue weighted by Crippen LogP contribution is 2.45. The lowest BCUT2D eigenvalue weighted by molar-refractivity contribution is -0.143. The number of carboxylic acids is 2. The fraction of sp³-hybridized carbons (Fsp3) is 0.517. The number of amides is 2. The molecule has 0 saturated heterocycles. The van der Waals surface area contributed by atoms with Gasteiger partial charge in [0.1, 0.15) is 23.6 Å². The van der Waals surface area contributed by atoms with Crippen LogP contribution < -0.4 is 15.4 Å². The topological polar surface area (TPSA) is 162 Å². The molecular weight excluding hydrogens is 504 g/mol. The summed E-state index contributed by atoms with van der Waals surface area (Å²) in [5.74, 6) is -3.41. The Labute approximate surface area is 229 Å². The van der Waals surface area contributed by atoms with Gasteiger partial charge in [-0.15, -0.1) is 6.58 Å². The van der Waals surface area contributed by atoms with E-state index in [0.717, 1.165) is 43.2 Å². The zero-order chi connectivity index (χ0) is 29.1. The number of carboxylic acid groups (broad SMARTS) is 2. The molecule has 1 aliphatic carbocycles. The quantitative estimate of drug-likeness (QED) is 0.167. The van der Waals surface area contributed by atoms with Crippen molar-refractivity contribution in [2.45, 2.75) is 90.1 Å². The van der Waals surface area contributed by atoms with Gasteiger partial charge in [0.15, 0.2) is 0 Å². The van der Waals surface area contributed by atoms with Crippen LogP contribution in [0.5, 0.6) is 11.5 Å². The summed E-state index contributed by atoms with van der Waals surface area (Å²) >= 11 is 0. The number of phenols is 1. The SMILES string of the molecule is C=C[C@@H]1CCC(C)=C[C@H]1c1c(O)cc(CCCCC)cc1OC(=O)N[C@@H](C)C(=O)N[C@@H](CCC(=O)O)C(=O)O. The van der Waals surface area contributed by atoms with Gasteiger partial charge in [0, 0.05) is 17.9 Å². The molecule has 4 atom stereocenters. The number of benzene rings is 1. The molecule has 0 unspecified atom stereocenters. The maximum absolute atomic E-state index is 12.9. The zero-order valence-electron chi connectivity index (χ0n) is 22.9. The first-order chi connectivity index (χ1) is 18.5. The minimum Gasteiger partial charge on any atom is -0.507 e. The molecule has 1 aliphatic rings. The van der Waals surface area contributed by atoms with Crippen molar-refractivity contribution in [3.05, 3.63) is 47.6 Å². The van der Waals surface area contributed by atoms with Crippen LogP contribution in [-0.4, -0.2) is 51.3 Å². The van der Waals surface area contributed by atoms with E-state index in [9.17, 15) is 29.4 Å². The van der Waals surface area contributed by atoms with Gasteiger partial charge in [0.25, 0.3) is 0 Å². The Morgan fingerprint density at radius 3 is 2.51 bits per heavy atom. The number of unbranched alkanes of at least 4 members (excludes halogenated alkanes) is 2. The van der Waals surface area contributed by atoms with Crippen molar-refractivity contribution in [2.75, 3.05) is 0 Å². The number of aliphatic carboxylic acids is 2. The summed E-state index contributed by atoms with van der Waals surface area (Å²) in [5, 5.41) is 33.8. The average molecular weight is 545 g/mol. The van der Waals surface area contributed by atoms with Gasteiger partial charge in [-0.25, -0.2) is 9.59 Å². The van der Waals surface area contributed by atoms with E-state index in [4.69, 9.17) is 9.84 Å². The number of ether oxygens (including phenoxy) is 1. The molecule has 0 spiro atoms. The van der Waals surface area contributed by atoms with Crippen molar-refractivity contribution < 1.29 is 39.2 Å². The Kier molecular flexibility index (Phi) is 12.0. The van der Waals surface area contributed by atoms with Crippen LogP contribution in [0.3, 0.4) is 0 Å². The van der Waals surface area contributed by atoms with Gasteiger partial charge in [-0.2, -0.15) is 0 Å². The molecule has 10 nitrogen and oxygen atoms in total. The number of carbonyl (C=O) groups is 4. The van der Waals surface area contributed by atoms with E-state index in [0.29, 0.717) is 12.0 Å². The molecule has 39 heavy (non-hydrogen) atoms. The van der Waals surface area contributed by atoms with Crippen LogP contribution in [0.4, 0.5) is 4.79 Å². The van der Waals surface area contributed by atoms with Gasteiger partial charge in [-0.1, -0.05) is 37.5 Å². The molecule has 0 heterocycles. The average Bonchev–Trinajstić information content (AvgIpc) is 2.86. The van der Waals surface area contributed by atoms with Crippen LogP contribution in [0.15, 0.2) is 36.4 Å². The normalized spacial score (nSPS) is 18.3. The van der Waals surface area contributed by atoms with Crippen LogP contribution in [0, 0.1) is 5.92 Å². The lowest BCUT2D eigenvalue weighted by Crippen LogP contribution is -2.51. The summed E-state index contributed by atoms with van der Waals surface area (Å²) in [4.78, 5) is 47.6. The fourth-order valence-corrected chi connectivity index (χ4v) is 4.65. The second-order valence-corrected chi connectivity index (χ2v) is 10.0. The third kappa shape index (κ3) is 9.46. The smallest absolute Gasteiger partial charge is 0.413 e. The number of aromatic hydroxyl groups is 1. The third-order valence-electron chi connectivity index (χ3n) is 6.87. The number of allylic oxidation sites excluding steroid dienone is 3. The first kappa shape index (κ1) is 31.4. The summed E-state index contributed by atoms with van der Waals surface area (Å²) in [6.45, 7) is 9.40. The molecule has 1 aromatic carbocycles. The number of nitrogens with one attached hydrogen (secondary N) is 2. The number of rotatable bonds is 14. The van der Waals surface area contributed by atoms with Gasteiger partial charge in [-0.05, 0) is 69.6 Å². The predicted octanol–water partition coefficient (Wildman–Crippen LogP) is 4.66. The van der Waals surface area contributed by atoms with E-state index < -0.39 is 42.4 Å². The Bertz CT molecular complexity index is 1100. The molecule has 0 aromatic heterocycles. The lowest BCUT2D eigenvalue weighted by atomic mass is 9.76. The Morgan fingerprint density at radius 2 is 1.90 bits per heavy atom. The molecule has 2 rings (SSSR count). The van der Waals surface area contributed by atoms with Crippen molar-refractivity contribution in [3.8, 4) is 11.5 Å². The predicted molar refractivity (Wildman–Crippen MR) is 146 cm³/mol. The van der Waals surface area contributed by atoms with Gasteiger partial charge in [-0.3, -0.25) is 9.59 Å². The first-order valence-corrected chi connectivity index (χ1v) is 13.4. The largest absolute Gasteiger partial charge is 0.507 e. The van der Waals surface area contributed by atoms with E-state index in [2.05, 4.69) is 24.1 Å². The number of carbonyl (C=O) groups excluding carboxylic acids is 2. The molecule has 0 aliphatic heterocycles. The number of phenolic OH excluding ortho intramolecular Hbond substituents is 1. The molecule has 5 N–H and O–H groups in total. The molecule has 214 valence electrons. The molecular formula is C29H40N2O8. The second kappa shape index (κ2) is 14.9. The van der Waals surface area contributed by atoms with Crippen molar-refractivity contribution in [1.82, 2.24) is 10.6 Å². The van der Waals surface area contributed by atoms with Crippen LogP contribution in [0.2, 0.25) is 0 Å². The van der Waals surface area contributed by atoms with Crippen LogP contribution >= 0.6 is 0 Å². The molecule has 0 bridgehead atoms. The summed E-state index contributed by atoms with van der Waals surface area (Å²) in [7, 11) is 0. The van der Waals surface area contributed by atoms with Crippen LogP contribution in [0.25, 0.3) is 0 Å². The number of hydrogen-bond donors (Lipinski definition) is 5. The Balaban J connectivity index is 2.26. The maximum Gasteiger partial charge on any atom is 0.413 e. The highest BCUT2D eigenvalue weighted by Gasteiger charge is 2.30. The minimum atomic E-state index is -1.42. The summed E-state index contributed by atoms with van der Waals surface area (Å²) < 4.78 is 5.66. The van der Waals surface area contributed by atoms with E-state index in [1.165, 1.54) is 6.92 Å². The molecule has 0 radical (unpaired) electrons. The van der Waals surface area contributed by atoms with Crippen molar-refractivity contribution in [1.29, 1.82) is 0 Å². The highest BCUT2D eigenvalue weighted by atomic mass is 16.6. The second-order valence-electron chi connectivity index (χ2n) is 10.0. The van der Waals surface area contributed by atoms with E-state index in [-0.39, 0.29) is 29.8 Å². The molecule has 2 amide bonds. The first-order valence-electron chi connectivity index (χ1n) is 13.4. The van der Waals surface area contributed by atoms with Crippen LogP contribution in [-0.2, 0) is 20.8 Å². The Morgan fingerprint density at radius 1 is 1.18 bits per heavy atom. The number of hydrogen-bond acceptors (Lipinski definition) is 6. The van der Waals surface area contributed by atoms with Gasteiger partial charge in [0.2, 0.25) is 5.91 Å². The van der Waals surface area contributed by atoms with Gasteiger partial charge >= 0.3 is 18.0 Å². The molecule has 10 heteroatoms. The summed E-state index contributed by atoms with van der Waals surface area (Å²) in [5.41, 5.74) is 2.43. The fourth-order valence-electron chi connectivity index (χ4n) is 4.65. The van der Waals surface area contributed by atoms with Gasteiger partial charge < -0.3 is 30.7 Å². The monoisotopic (exact) mass is 544 g/mol. The minimum absolute atomic E-state index is 0.0168. The molecule has 0 fully saturated rings. The molecule has 1 aromatic rings. The van der Waals surface area contributed by atoms with Gasteiger partial charge in [0.05, 0.1) is 0 Å².